The van der Waals surface area contributed by atoms with E-state index in [1.807, 2.05) is 6.08 Å². The zero-order valence-electron chi connectivity index (χ0n) is 37.4. The Morgan fingerprint density at radius 2 is 1.51 bits per heavy atom. The molecule has 7 atom stereocenters. The van der Waals surface area contributed by atoms with Gasteiger partial charge in [-0.25, -0.2) is 0 Å². The van der Waals surface area contributed by atoms with Crippen molar-refractivity contribution >= 4 is 30.7 Å². The van der Waals surface area contributed by atoms with Gasteiger partial charge in [-0.2, -0.15) is 0 Å². The molecule has 0 saturated heterocycles. The van der Waals surface area contributed by atoms with E-state index in [-0.39, 0.29) is 33.7 Å². The molecule has 3 fully saturated rings. The normalized spacial score (nSPS) is 29.5. The predicted molar refractivity (Wildman–Crippen MR) is 234 cm³/mol. The molecule has 304 valence electrons. The molecule has 0 radical (unpaired) electrons. The molecule has 0 aromatic heterocycles. The molecular formula is C45H82O5Si3. The molecule has 3 saturated carbocycles. The summed E-state index contributed by atoms with van der Waals surface area (Å²) in [6.07, 6.45) is 15.8. The number of aliphatic hydroxyl groups excluding tert-OH is 1. The summed E-state index contributed by atoms with van der Waals surface area (Å²) < 4.78 is 19.8. The van der Waals surface area contributed by atoms with Gasteiger partial charge in [0, 0.05) is 14.5 Å². The SMILES string of the molecule is C=C1C(=CC=C2CCC[C@]3(C)[C@@H]([C@H](C)C=C[C@@H](O)C(C)(C)C(=O)OCC[Si](C)(C)C)CC[C@@H]23)C[C@@H](O[Si](C)(C)C(C)(C)C)C[C@@H]1O[Si](C)(C)C(C)(C)C. The Morgan fingerprint density at radius 1 is 0.925 bits per heavy atom. The maximum atomic E-state index is 13.0. The molecule has 53 heavy (non-hydrogen) atoms. The van der Waals surface area contributed by atoms with Crippen LogP contribution in [0.2, 0.25) is 61.9 Å². The van der Waals surface area contributed by atoms with Crippen LogP contribution in [0.15, 0.2) is 47.6 Å². The average Bonchev–Trinajstić information content (AvgIpc) is 3.35. The van der Waals surface area contributed by atoms with Crippen LogP contribution >= 0.6 is 0 Å². The van der Waals surface area contributed by atoms with Crippen LogP contribution in [-0.2, 0) is 18.4 Å². The highest BCUT2D eigenvalue weighted by molar-refractivity contribution is 6.76. The number of hydrogen-bond donors (Lipinski definition) is 1. The Morgan fingerprint density at radius 3 is 2.08 bits per heavy atom. The first-order valence-corrected chi connectivity index (χ1v) is 30.4. The molecule has 0 aromatic carbocycles. The third kappa shape index (κ3) is 11.3. The summed E-state index contributed by atoms with van der Waals surface area (Å²) in [6.45, 7) is 43.7. The van der Waals surface area contributed by atoms with Crippen molar-refractivity contribution in [2.45, 2.75) is 194 Å². The van der Waals surface area contributed by atoms with Crippen LogP contribution in [0.3, 0.4) is 0 Å². The number of hydrogen-bond acceptors (Lipinski definition) is 5. The Balaban J connectivity index is 1.82. The van der Waals surface area contributed by atoms with E-state index in [0.29, 0.717) is 24.4 Å². The fourth-order valence-electron chi connectivity index (χ4n) is 8.32. The zero-order valence-corrected chi connectivity index (χ0v) is 40.4. The van der Waals surface area contributed by atoms with E-state index in [4.69, 9.17) is 13.6 Å². The van der Waals surface area contributed by atoms with E-state index < -0.39 is 36.2 Å². The number of carbonyl (C=O) groups is 1. The fourth-order valence-corrected chi connectivity index (χ4v) is 11.7. The van der Waals surface area contributed by atoms with Crippen LogP contribution in [0, 0.1) is 28.6 Å². The van der Waals surface area contributed by atoms with E-state index in [0.717, 1.165) is 30.9 Å². The smallest absolute Gasteiger partial charge is 0.314 e. The van der Waals surface area contributed by atoms with Crippen LogP contribution < -0.4 is 0 Å². The number of rotatable bonds is 13. The fraction of sp³-hybridized carbons (Fsp3) is 0.800. The molecule has 0 aromatic rings. The van der Waals surface area contributed by atoms with Gasteiger partial charge in [0.25, 0.3) is 0 Å². The highest BCUT2D eigenvalue weighted by Crippen LogP contribution is 2.59. The van der Waals surface area contributed by atoms with E-state index in [1.54, 1.807) is 19.4 Å². The molecule has 5 nitrogen and oxygen atoms in total. The number of fused-ring (bicyclic) bond motifs is 1. The summed E-state index contributed by atoms with van der Waals surface area (Å²) in [6, 6.07) is 0.930. The van der Waals surface area contributed by atoms with Gasteiger partial charge in [0.1, 0.15) is 0 Å². The number of ether oxygens (including phenoxy) is 1. The van der Waals surface area contributed by atoms with Gasteiger partial charge < -0.3 is 18.7 Å². The molecule has 3 rings (SSSR count). The first-order valence-electron chi connectivity index (χ1n) is 20.9. The maximum absolute atomic E-state index is 13.0. The second kappa shape index (κ2) is 16.8. The molecule has 8 heteroatoms. The highest BCUT2D eigenvalue weighted by Gasteiger charge is 2.51. The lowest BCUT2D eigenvalue weighted by Crippen LogP contribution is -2.49. The standard InChI is InChI=1S/C45H82O5Si3/c1-32(21-26-40(46)44(9,10)41(47)48-28-29-51(12,13)14)37-24-25-38-34(20-19-27-45(37,38)11)22-23-35-30-36(49-52(15,16)42(3,4)5)31-39(33(35)2)50-53(17,18)43(6,7)8/h21-23,26,32,36-40,46H,2,19-20,24-25,27-31H2,1,3-18H3/t32-,36-,37-,38+,39+,40-,45-/m1/s1. The first kappa shape index (κ1) is 46.3. The molecule has 0 aliphatic heterocycles. The molecule has 0 heterocycles. The van der Waals surface area contributed by atoms with Gasteiger partial charge in [-0.3, -0.25) is 4.79 Å². The summed E-state index contributed by atoms with van der Waals surface area (Å²) in [5.74, 6) is 1.05. The summed E-state index contributed by atoms with van der Waals surface area (Å²) in [5.41, 5.74) is 3.23. The minimum atomic E-state index is -2.02. The number of allylic oxidation sites excluding steroid dienone is 4. The molecule has 0 unspecified atom stereocenters. The lowest BCUT2D eigenvalue weighted by Gasteiger charge is -2.45. The molecule has 0 amide bonds. The van der Waals surface area contributed by atoms with Crippen molar-refractivity contribution in [3.05, 3.63) is 47.6 Å². The zero-order chi connectivity index (χ0) is 40.6. The third-order valence-electron chi connectivity index (χ3n) is 14.4. The molecule has 0 bridgehead atoms. The maximum Gasteiger partial charge on any atom is 0.314 e. The topological polar surface area (TPSA) is 65.0 Å². The van der Waals surface area contributed by atoms with Crippen LogP contribution in [-0.4, -0.2) is 60.7 Å². The van der Waals surface area contributed by atoms with Gasteiger partial charge in [-0.15, -0.1) is 0 Å². The van der Waals surface area contributed by atoms with E-state index in [1.165, 1.54) is 31.3 Å². The number of aliphatic hydroxyl groups is 1. The molecule has 3 aliphatic rings. The summed E-state index contributed by atoms with van der Waals surface area (Å²) >= 11 is 0. The molecular weight excluding hydrogens is 705 g/mol. The van der Waals surface area contributed by atoms with Gasteiger partial charge in [0.15, 0.2) is 16.6 Å². The lowest BCUT2D eigenvalue weighted by molar-refractivity contribution is -0.158. The minimum Gasteiger partial charge on any atom is -0.466 e. The highest BCUT2D eigenvalue weighted by atomic mass is 28.4. The quantitative estimate of drug-likeness (QED) is 0.114. The Kier molecular flexibility index (Phi) is 14.7. The number of esters is 1. The largest absolute Gasteiger partial charge is 0.466 e. The van der Waals surface area contributed by atoms with Crippen molar-refractivity contribution < 1.29 is 23.5 Å². The van der Waals surface area contributed by atoms with Crippen molar-refractivity contribution in [1.29, 1.82) is 0 Å². The van der Waals surface area contributed by atoms with Gasteiger partial charge in [0.2, 0.25) is 0 Å². The van der Waals surface area contributed by atoms with Gasteiger partial charge in [-0.1, -0.05) is 111 Å². The molecule has 0 spiro atoms. The summed E-state index contributed by atoms with van der Waals surface area (Å²) in [5, 5.41) is 11.4. The van der Waals surface area contributed by atoms with Gasteiger partial charge >= 0.3 is 5.97 Å². The van der Waals surface area contributed by atoms with Crippen LogP contribution in [0.4, 0.5) is 0 Å². The summed E-state index contributed by atoms with van der Waals surface area (Å²) in [7, 11) is -5.30. The summed E-state index contributed by atoms with van der Waals surface area (Å²) in [4.78, 5) is 13.0. The molecule has 1 N–H and O–H groups in total. The third-order valence-corrected chi connectivity index (χ3v) is 25.1. The minimum absolute atomic E-state index is 0.0171. The van der Waals surface area contributed by atoms with Crippen LogP contribution in [0.1, 0.15) is 114 Å². The Labute approximate surface area is 330 Å². The second-order valence-electron chi connectivity index (χ2n) is 22.2. The van der Waals surface area contributed by atoms with Crippen LogP contribution in [0.5, 0.6) is 0 Å². The lowest BCUT2D eigenvalue weighted by atomic mass is 9.61. The predicted octanol–water partition coefficient (Wildman–Crippen LogP) is 12.6. The van der Waals surface area contributed by atoms with Crippen molar-refractivity contribution in [2.75, 3.05) is 6.61 Å². The van der Waals surface area contributed by atoms with Crippen molar-refractivity contribution in [3.8, 4) is 0 Å². The van der Waals surface area contributed by atoms with E-state index >= 15 is 0 Å². The monoisotopic (exact) mass is 787 g/mol. The van der Waals surface area contributed by atoms with E-state index in [2.05, 4.69) is 126 Å². The van der Waals surface area contributed by atoms with Crippen LogP contribution in [0.25, 0.3) is 0 Å². The second-order valence-corrected chi connectivity index (χ2v) is 37.4. The van der Waals surface area contributed by atoms with Crippen molar-refractivity contribution in [2.24, 2.45) is 28.6 Å². The van der Waals surface area contributed by atoms with E-state index in [9.17, 15) is 9.90 Å². The van der Waals surface area contributed by atoms with Crippen molar-refractivity contribution in [1.82, 2.24) is 0 Å². The first-order chi connectivity index (χ1) is 23.9. The van der Waals surface area contributed by atoms with Gasteiger partial charge in [0.05, 0.1) is 30.3 Å². The van der Waals surface area contributed by atoms with Gasteiger partial charge in [-0.05, 0) is 129 Å². The Bertz CT molecular complexity index is 1390. The van der Waals surface area contributed by atoms with Crippen molar-refractivity contribution in [3.63, 3.8) is 0 Å². The Hall–Kier alpha value is -1.04. The average molecular weight is 787 g/mol. The molecule has 3 aliphatic carbocycles. The number of carbonyl (C=O) groups excluding carboxylic acids is 1.